The first-order valence-electron chi connectivity index (χ1n) is 7.67. The van der Waals surface area contributed by atoms with Crippen molar-refractivity contribution in [2.24, 2.45) is 0 Å². The summed E-state index contributed by atoms with van der Waals surface area (Å²) in [6, 6.07) is 14.1. The number of nitrogens with zero attached hydrogens (tertiary/aromatic N) is 2. The van der Waals surface area contributed by atoms with E-state index in [1.165, 1.54) is 23.7 Å². The van der Waals surface area contributed by atoms with Crippen LogP contribution in [0.5, 0.6) is 0 Å². The predicted octanol–water partition coefficient (Wildman–Crippen LogP) is 3.03. The van der Waals surface area contributed by atoms with Crippen LogP contribution in [-0.4, -0.2) is 21.8 Å². The lowest BCUT2D eigenvalue weighted by Crippen LogP contribution is -2.41. The molecule has 0 fully saturated rings. The zero-order valence-electron chi connectivity index (χ0n) is 13.3. The number of hydrogen-bond donors (Lipinski definition) is 2. The lowest BCUT2D eigenvalue weighted by Gasteiger charge is -2.08. The Bertz CT molecular complexity index is 1060. The molecule has 0 radical (unpaired) electrons. The first-order chi connectivity index (χ1) is 12.7. The molecule has 26 heavy (non-hydrogen) atoms. The Balaban J connectivity index is 1.59. The molecule has 0 spiro atoms. The minimum Gasteiger partial charge on any atom is -0.459 e. The van der Waals surface area contributed by atoms with Crippen LogP contribution in [-0.2, 0) is 0 Å². The van der Waals surface area contributed by atoms with E-state index in [4.69, 9.17) is 4.42 Å². The van der Waals surface area contributed by atoms with Gasteiger partial charge in [0.15, 0.2) is 5.76 Å². The highest BCUT2D eigenvalue weighted by Gasteiger charge is 2.18. The monoisotopic (exact) mass is 364 g/mol. The number of benzene rings is 1. The molecule has 3 heterocycles. The summed E-state index contributed by atoms with van der Waals surface area (Å²) in [5.74, 6) is -0.941. The van der Waals surface area contributed by atoms with Crippen molar-refractivity contribution in [1.29, 1.82) is 0 Å². The molecular weight excluding hydrogens is 352 g/mol. The van der Waals surface area contributed by atoms with Crippen molar-refractivity contribution in [3.05, 3.63) is 72.3 Å². The van der Waals surface area contributed by atoms with E-state index >= 15 is 0 Å². The largest absolute Gasteiger partial charge is 0.459 e. The minimum absolute atomic E-state index is 0.0999. The van der Waals surface area contributed by atoms with Gasteiger partial charge in [-0.25, -0.2) is 4.98 Å². The number of fused-ring (bicyclic) bond motifs is 1. The summed E-state index contributed by atoms with van der Waals surface area (Å²) in [5.41, 5.74) is 6.29. The van der Waals surface area contributed by atoms with Gasteiger partial charge in [-0.15, -0.1) is 11.3 Å². The van der Waals surface area contributed by atoms with Crippen LogP contribution in [0.3, 0.4) is 0 Å². The van der Waals surface area contributed by atoms with Gasteiger partial charge in [0.1, 0.15) is 10.7 Å². The van der Waals surface area contributed by atoms with Gasteiger partial charge in [-0.2, -0.15) is 0 Å². The Morgan fingerprint density at radius 1 is 0.962 bits per heavy atom. The number of rotatable bonds is 3. The van der Waals surface area contributed by atoms with Crippen LogP contribution in [0.15, 0.2) is 65.4 Å². The number of carbonyl (C=O) groups excluding carboxylic acids is 2. The second-order valence-electron chi connectivity index (χ2n) is 5.27. The Labute approximate surface area is 151 Å². The van der Waals surface area contributed by atoms with Gasteiger partial charge in [0, 0.05) is 6.20 Å². The maximum atomic E-state index is 12.5. The normalized spacial score (nSPS) is 10.6. The molecule has 0 unspecified atom stereocenters. The summed E-state index contributed by atoms with van der Waals surface area (Å²) in [6.07, 6.45) is 2.97. The van der Waals surface area contributed by atoms with E-state index in [1.807, 2.05) is 24.3 Å². The molecule has 0 saturated heterocycles. The number of para-hydroxylation sites is 1. The molecule has 2 N–H and O–H groups in total. The summed E-state index contributed by atoms with van der Waals surface area (Å²) >= 11 is 1.45. The van der Waals surface area contributed by atoms with E-state index in [9.17, 15) is 9.59 Å². The van der Waals surface area contributed by atoms with Gasteiger partial charge in [-0.3, -0.25) is 25.4 Å². The molecule has 0 bridgehead atoms. The fraction of sp³-hybridized carbons (Fsp3) is 0. The topological polar surface area (TPSA) is 97.1 Å². The van der Waals surface area contributed by atoms with Gasteiger partial charge in [0.25, 0.3) is 5.91 Å². The summed E-state index contributed by atoms with van der Waals surface area (Å²) in [7, 11) is 0. The zero-order chi connectivity index (χ0) is 17.9. The maximum Gasteiger partial charge on any atom is 0.305 e. The number of nitrogens with one attached hydrogen (secondary N) is 2. The highest BCUT2D eigenvalue weighted by atomic mass is 32.1. The average Bonchev–Trinajstić information content (AvgIpc) is 3.35. The van der Waals surface area contributed by atoms with Crippen molar-refractivity contribution < 1.29 is 14.0 Å². The van der Waals surface area contributed by atoms with Crippen molar-refractivity contribution in [2.45, 2.75) is 0 Å². The molecular formula is C18H12N4O3S. The highest BCUT2D eigenvalue weighted by Crippen LogP contribution is 2.30. The molecule has 0 saturated carbocycles. The van der Waals surface area contributed by atoms with Gasteiger partial charge in [0.05, 0.1) is 22.0 Å². The molecule has 3 aromatic heterocycles. The smallest absolute Gasteiger partial charge is 0.305 e. The number of hydrazine groups is 1. The van der Waals surface area contributed by atoms with E-state index < -0.39 is 11.8 Å². The molecule has 4 rings (SSSR count). The molecule has 7 nitrogen and oxygen atoms in total. The molecule has 0 aliphatic rings. The Hall–Kier alpha value is -3.52. The van der Waals surface area contributed by atoms with Gasteiger partial charge >= 0.3 is 5.91 Å². The Kier molecular flexibility index (Phi) is 4.16. The fourth-order valence-electron chi connectivity index (χ4n) is 2.38. The van der Waals surface area contributed by atoms with Crippen LogP contribution < -0.4 is 10.9 Å². The van der Waals surface area contributed by atoms with E-state index in [0.717, 1.165) is 10.2 Å². The summed E-state index contributed by atoms with van der Waals surface area (Å²) in [4.78, 5) is 33.2. The van der Waals surface area contributed by atoms with Crippen molar-refractivity contribution in [2.75, 3.05) is 0 Å². The second-order valence-corrected chi connectivity index (χ2v) is 6.30. The van der Waals surface area contributed by atoms with Crippen molar-refractivity contribution in [3.63, 3.8) is 0 Å². The first-order valence-corrected chi connectivity index (χ1v) is 8.49. The number of hydrogen-bond acceptors (Lipinski definition) is 6. The summed E-state index contributed by atoms with van der Waals surface area (Å²) in [5, 5.41) is 0.634. The third-order valence-electron chi connectivity index (χ3n) is 3.58. The van der Waals surface area contributed by atoms with Crippen LogP contribution in [0.4, 0.5) is 0 Å². The molecule has 0 atom stereocenters. The highest BCUT2D eigenvalue weighted by molar-refractivity contribution is 7.21. The van der Waals surface area contributed by atoms with E-state index in [-0.39, 0.29) is 5.76 Å². The van der Waals surface area contributed by atoms with Gasteiger partial charge in [-0.05, 0) is 36.4 Å². The molecule has 0 aliphatic carbocycles. The third-order valence-corrected chi connectivity index (χ3v) is 4.63. The van der Waals surface area contributed by atoms with Gasteiger partial charge in [0.2, 0.25) is 0 Å². The van der Waals surface area contributed by atoms with Crippen LogP contribution in [0, 0.1) is 0 Å². The number of carbonyl (C=O) groups is 2. The number of amides is 2. The van der Waals surface area contributed by atoms with Crippen LogP contribution in [0.25, 0.3) is 20.9 Å². The molecule has 0 aliphatic heterocycles. The Morgan fingerprint density at radius 2 is 1.81 bits per heavy atom. The SMILES string of the molecule is O=C(NNC(=O)c1cccnc1-c1nc2ccccc2s1)c1ccco1. The van der Waals surface area contributed by atoms with E-state index in [2.05, 4.69) is 20.8 Å². The summed E-state index contributed by atoms with van der Waals surface area (Å²) < 4.78 is 5.98. The van der Waals surface area contributed by atoms with Crippen LogP contribution in [0.2, 0.25) is 0 Å². The quantitative estimate of drug-likeness (QED) is 0.545. The van der Waals surface area contributed by atoms with E-state index in [0.29, 0.717) is 16.3 Å². The maximum absolute atomic E-state index is 12.5. The minimum atomic E-state index is -0.547. The second kappa shape index (κ2) is 6.77. The van der Waals surface area contributed by atoms with Crippen molar-refractivity contribution >= 4 is 33.4 Å². The zero-order valence-corrected chi connectivity index (χ0v) is 14.1. The lowest BCUT2D eigenvalue weighted by molar-refractivity contribution is 0.0831. The molecule has 128 valence electrons. The van der Waals surface area contributed by atoms with Crippen LogP contribution in [0.1, 0.15) is 20.9 Å². The fourth-order valence-corrected chi connectivity index (χ4v) is 3.36. The first kappa shape index (κ1) is 16.0. The van der Waals surface area contributed by atoms with Crippen molar-refractivity contribution in [3.8, 4) is 10.7 Å². The van der Waals surface area contributed by atoms with Gasteiger partial charge in [-0.1, -0.05) is 12.1 Å². The third kappa shape index (κ3) is 3.05. The van der Waals surface area contributed by atoms with Gasteiger partial charge < -0.3 is 4.42 Å². The molecule has 8 heteroatoms. The van der Waals surface area contributed by atoms with Crippen molar-refractivity contribution in [1.82, 2.24) is 20.8 Å². The predicted molar refractivity (Wildman–Crippen MR) is 96.5 cm³/mol. The summed E-state index contributed by atoms with van der Waals surface area (Å²) in [6.45, 7) is 0. The number of pyridine rings is 1. The molecule has 4 aromatic rings. The molecule has 2 amide bonds. The average molecular weight is 364 g/mol. The van der Waals surface area contributed by atoms with E-state index in [1.54, 1.807) is 24.4 Å². The lowest BCUT2D eigenvalue weighted by atomic mass is 10.2. The van der Waals surface area contributed by atoms with Crippen LogP contribution >= 0.6 is 11.3 Å². The molecule has 1 aromatic carbocycles. The Morgan fingerprint density at radius 3 is 2.62 bits per heavy atom. The number of thiazole rings is 1. The number of aromatic nitrogens is 2. The standard InChI is InChI=1S/C18H12N4O3S/c23-16(21-22-17(24)13-7-4-10-25-13)11-5-3-9-19-15(11)18-20-12-6-1-2-8-14(12)26-18/h1-10H,(H,21,23)(H,22,24). The number of furan rings is 1.